The summed E-state index contributed by atoms with van der Waals surface area (Å²) >= 11 is 7.83. The van der Waals surface area contributed by atoms with Gasteiger partial charge in [0, 0.05) is 36.7 Å². The Bertz CT molecular complexity index is 660. The van der Waals surface area contributed by atoms with E-state index in [1.807, 2.05) is 18.2 Å². The van der Waals surface area contributed by atoms with Crippen LogP contribution in [0.4, 0.5) is 5.13 Å². The third kappa shape index (κ3) is 3.63. The number of hydrogen-bond acceptors (Lipinski definition) is 5. The Morgan fingerprint density at radius 3 is 2.96 bits per heavy atom. The molecule has 0 unspecified atom stereocenters. The molecule has 4 rings (SSSR count). The summed E-state index contributed by atoms with van der Waals surface area (Å²) in [6.07, 6.45) is 5.04. The molecule has 6 heteroatoms. The zero-order chi connectivity index (χ0) is 15.6. The summed E-state index contributed by atoms with van der Waals surface area (Å²) in [6, 6.07) is 7.28. The standard InChI is InChI=1S/C17H23ClN4S/c18-12-3-4-15-16(10-12)23-17(21-15)22-8-5-13(6-9-22)20-11-14-2-1-7-19-14/h3-4,10,13-14,19-20H,1-2,5-9,11H2/t14-/m0/s1. The van der Waals surface area contributed by atoms with Crippen molar-refractivity contribution in [3.63, 3.8) is 0 Å². The molecule has 2 aromatic rings. The van der Waals surface area contributed by atoms with E-state index in [4.69, 9.17) is 16.6 Å². The summed E-state index contributed by atoms with van der Waals surface area (Å²) in [5, 5.41) is 9.23. The fourth-order valence-electron chi connectivity index (χ4n) is 3.54. The summed E-state index contributed by atoms with van der Waals surface area (Å²) in [6.45, 7) is 4.48. The summed E-state index contributed by atoms with van der Waals surface area (Å²) in [5.74, 6) is 0. The van der Waals surface area contributed by atoms with E-state index in [0.29, 0.717) is 12.1 Å². The Labute approximate surface area is 146 Å². The number of aromatic nitrogens is 1. The summed E-state index contributed by atoms with van der Waals surface area (Å²) < 4.78 is 1.18. The first kappa shape index (κ1) is 15.6. The first-order valence-corrected chi connectivity index (χ1v) is 9.75. The lowest BCUT2D eigenvalue weighted by Crippen LogP contribution is -2.46. The number of hydrogen-bond donors (Lipinski definition) is 2. The maximum atomic E-state index is 6.07. The number of rotatable bonds is 4. The third-order valence-electron chi connectivity index (χ3n) is 4.92. The predicted octanol–water partition coefficient (Wildman–Crippen LogP) is 3.26. The number of nitrogens with zero attached hydrogens (tertiary/aromatic N) is 2. The van der Waals surface area contributed by atoms with E-state index in [1.165, 1.54) is 36.9 Å². The molecule has 3 heterocycles. The van der Waals surface area contributed by atoms with Crippen molar-refractivity contribution in [2.45, 2.75) is 37.8 Å². The number of benzene rings is 1. The number of anilines is 1. The molecule has 0 spiro atoms. The first-order valence-electron chi connectivity index (χ1n) is 8.56. The van der Waals surface area contributed by atoms with Gasteiger partial charge in [0.1, 0.15) is 0 Å². The van der Waals surface area contributed by atoms with Gasteiger partial charge in [-0.25, -0.2) is 4.98 Å². The van der Waals surface area contributed by atoms with Crippen LogP contribution in [0.1, 0.15) is 25.7 Å². The molecule has 2 N–H and O–H groups in total. The van der Waals surface area contributed by atoms with Gasteiger partial charge in [-0.05, 0) is 50.4 Å². The summed E-state index contributed by atoms with van der Waals surface area (Å²) in [5.41, 5.74) is 1.06. The van der Waals surface area contributed by atoms with Crippen LogP contribution in [-0.2, 0) is 0 Å². The molecule has 2 aliphatic heterocycles. The number of thiazole rings is 1. The molecule has 1 aromatic heterocycles. The molecule has 0 amide bonds. The number of halogens is 1. The van der Waals surface area contributed by atoms with Gasteiger partial charge < -0.3 is 15.5 Å². The SMILES string of the molecule is Clc1ccc2nc(N3CCC(NC[C@@H]4CCCN4)CC3)sc2c1. The monoisotopic (exact) mass is 350 g/mol. The molecule has 0 saturated carbocycles. The molecule has 2 fully saturated rings. The molecule has 0 radical (unpaired) electrons. The van der Waals surface area contributed by atoms with E-state index in [-0.39, 0.29) is 0 Å². The minimum absolute atomic E-state index is 0.650. The van der Waals surface area contributed by atoms with E-state index in [0.717, 1.165) is 35.3 Å². The van der Waals surface area contributed by atoms with Gasteiger partial charge in [-0.15, -0.1) is 0 Å². The van der Waals surface area contributed by atoms with Crippen molar-refractivity contribution >= 4 is 38.3 Å². The van der Waals surface area contributed by atoms with Crippen molar-refractivity contribution in [1.29, 1.82) is 0 Å². The van der Waals surface area contributed by atoms with Gasteiger partial charge in [-0.1, -0.05) is 22.9 Å². The van der Waals surface area contributed by atoms with Crippen molar-refractivity contribution in [1.82, 2.24) is 15.6 Å². The van der Waals surface area contributed by atoms with Crippen LogP contribution in [-0.4, -0.2) is 43.2 Å². The predicted molar refractivity (Wildman–Crippen MR) is 98.9 cm³/mol. The second-order valence-electron chi connectivity index (χ2n) is 6.57. The maximum absolute atomic E-state index is 6.07. The molecule has 1 aromatic carbocycles. The molecule has 0 bridgehead atoms. The van der Waals surface area contributed by atoms with E-state index < -0.39 is 0 Å². The van der Waals surface area contributed by atoms with Crippen molar-refractivity contribution in [3.05, 3.63) is 23.2 Å². The molecular weight excluding hydrogens is 328 g/mol. The van der Waals surface area contributed by atoms with Crippen LogP contribution in [0.25, 0.3) is 10.2 Å². The lowest BCUT2D eigenvalue weighted by Gasteiger charge is -2.32. The number of nitrogens with one attached hydrogen (secondary N) is 2. The molecular formula is C17H23ClN4S. The second kappa shape index (κ2) is 6.93. The molecule has 1 atom stereocenters. The fourth-order valence-corrected chi connectivity index (χ4v) is 4.83. The van der Waals surface area contributed by atoms with Crippen molar-refractivity contribution < 1.29 is 0 Å². The van der Waals surface area contributed by atoms with Gasteiger partial charge in [0.05, 0.1) is 10.2 Å². The number of fused-ring (bicyclic) bond motifs is 1. The lowest BCUT2D eigenvalue weighted by atomic mass is 10.0. The highest BCUT2D eigenvalue weighted by Gasteiger charge is 2.22. The topological polar surface area (TPSA) is 40.2 Å². The van der Waals surface area contributed by atoms with E-state index in [2.05, 4.69) is 15.5 Å². The Morgan fingerprint density at radius 2 is 2.17 bits per heavy atom. The normalized spacial score (nSPS) is 23.0. The molecule has 0 aliphatic carbocycles. The van der Waals surface area contributed by atoms with Crippen LogP contribution < -0.4 is 15.5 Å². The van der Waals surface area contributed by atoms with Crippen LogP contribution >= 0.6 is 22.9 Å². The van der Waals surface area contributed by atoms with Crippen LogP contribution in [0.3, 0.4) is 0 Å². The zero-order valence-corrected chi connectivity index (χ0v) is 14.8. The van der Waals surface area contributed by atoms with Crippen LogP contribution in [0, 0.1) is 0 Å². The second-order valence-corrected chi connectivity index (χ2v) is 8.02. The van der Waals surface area contributed by atoms with Crippen LogP contribution in [0.15, 0.2) is 18.2 Å². The molecule has 4 nitrogen and oxygen atoms in total. The van der Waals surface area contributed by atoms with E-state index >= 15 is 0 Å². The van der Waals surface area contributed by atoms with Crippen molar-refractivity contribution in [2.75, 3.05) is 31.1 Å². The third-order valence-corrected chi connectivity index (χ3v) is 6.23. The first-order chi connectivity index (χ1) is 11.3. The van der Waals surface area contributed by atoms with Crippen molar-refractivity contribution in [3.8, 4) is 0 Å². The lowest BCUT2D eigenvalue weighted by molar-refractivity contribution is 0.393. The van der Waals surface area contributed by atoms with Crippen LogP contribution in [0.5, 0.6) is 0 Å². The van der Waals surface area contributed by atoms with Crippen LogP contribution in [0.2, 0.25) is 5.02 Å². The smallest absolute Gasteiger partial charge is 0.186 e. The van der Waals surface area contributed by atoms with Crippen molar-refractivity contribution in [2.24, 2.45) is 0 Å². The average Bonchev–Trinajstić information content (AvgIpc) is 3.22. The van der Waals surface area contributed by atoms with Gasteiger partial charge >= 0.3 is 0 Å². The van der Waals surface area contributed by atoms with Gasteiger partial charge in [-0.3, -0.25) is 0 Å². The molecule has 2 saturated heterocycles. The Morgan fingerprint density at radius 1 is 1.30 bits per heavy atom. The quantitative estimate of drug-likeness (QED) is 0.888. The highest BCUT2D eigenvalue weighted by molar-refractivity contribution is 7.22. The van der Waals surface area contributed by atoms with Gasteiger partial charge in [-0.2, -0.15) is 0 Å². The summed E-state index contributed by atoms with van der Waals surface area (Å²) in [7, 11) is 0. The average molecular weight is 351 g/mol. The van der Waals surface area contributed by atoms with E-state index in [9.17, 15) is 0 Å². The largest absolute Gasteiger partial charge is 0.348 e. The Hall–Kier alpha value is -0.880. The minimum Gasteiger partial charge on any atom is -0.348 e. The van der Waals surface area contributed by atoms with Gasteiger partial charge in [0.15, 0.2) is 5.13 Å². The van der Waals surface area contributed by atoms with E-state index in [1.54, 1.807) is 11.3 Å². The fraction of sp³-hybridized carbons (Fsp3) is 0.588. The Kier molecular flexibility index (Phi) is 4.71. The molecule has 2 aliphatic rings. The molecule has 124 valence electrons. The van der Waals surface area contributed by atoms with Gasteiger partial charge in [0.2, 0.25) is 0 Å². The zero-order valence-electron chi connectivity index (χ0n) is 13.2. The van der Waals surface area contributed by atoms with Gasteiger partial charge in [0.25, 0.3) is 0 Å². The highest BCUT2D eigenvalue weighted by atomic mass is 35.5. The molecule has 23 heavy (non-hydrogen) atoms. The Balaban J connectivity index is 1.33. The highest BCUT2D eigenvalue weighted by Crippen LogP contribution is 2.32. The maximum Gasteiger partial charge on any atom is 0.186 e. The number of piperidine rings is 1. The summed E-state index contributed by atoms with van der Waals surface area (Å²) in [4.78, 5) is 7.19. The minimum atomic E-state index is 0.650.